The van der Waals surface area contributed by atoms with Gasteiger partial charge in [-0.15, -0.1) is 0 Å². The summed E-state index contributed by atoms with van der Waals surface area (Å²) in [5.74, 6) is -0.925. The molecule has 0 bridgehead atoms. The van der Waals surface area contributed by atoms with Crippen LogP contribution in [0.3, 0.4) is 0 Å². The molecular formula is C17H14ClNO4S. The second-order valence-corrected chi connectivity index (χ2v) is 7.47. The van der Waals surface area contributed by atoms with E-state index in [9.17, 15) is 18.3 Å². The summed E-state index contributed by atoms with van der Waals surface area (Å²) in [6.45, 7) is 1.63. The van der Waals surface area contributed by atoms with E-state index >= 15 is 0 Å². The predicted octanol–water partition coefficient (Wildman–Crippen LogP) is 3.47. The lowest BCUT2D eigenvalue weighted by molar-refractivity contribution is 0.101. The van der Waals surface area contributed by atoms with Gasteiger partial charge in [0.05, 0.1) is 4.90 Å². The second-order valence-electron chi connectivity index (χ2n) is 5.20. The van der Waals surface area contributed by atoms with Gasteiger partial charge in [-0.2, -0.15) is 0 Å². The molecule has 0 spiro atoms. The molecule has 0 atom stereocenters. The van der Waals surface area contributed by atoms with E-state index < -0.39 is 15.8 Å². The number of carbonyl (C=O) groups is 1. The summed E-state index contributed by atoms with van der Waals surface area (Å²) < 4.78 is 26.5. The van der Waals surface area contributed by atoms with E-state index in [2.05, 4.69) is 0 Å². The van der Waals surface area contributed by atoms with Gasteiger partial charge >= 0.3 is 0 Å². The lowest BCUT2D eigenvalue weighted by Gasteiger charge is -2.30. The fraction of sp³-hybridized carbons (Fsp3) is 0.118. The summed E-state index contributed by atoms with van der Waals surface area (Å²) >= 11 is 5.82. The van der Waals surface area contributed by atoms with Gasteiger partial charge in [0.25, 0.3) is 10.0 Å². The molecule has 0 unspecified atom stereocenters. The zero-order valence-corrected chi connectivity index (χ0v) is 14.3. The van der Waals surface area contributed by atoms with Crippen molar-refractivity contribution >= 4 is 33.2 Å². The molecule has 24 heavy (non-hydrogen) atoms. The number of Topliss-reactive ketones (excluding diaryl/α,β-unsaturated/α-hetero) is 1. The third-order valence-electron chi connectivity index (χ3n) is 3.79. The van der Waals surface area contributed by atoms with E-state index in [1.807, 2.05) is 0 Å². The van der Waals surface area contributed by atoms with Crippen LogP contribution in [0, 0.1) is 0 Å². The molecule has 3 rings (SSSR count). The van der Waals surface area contributed by atoms with E-state index in [1.165, 1.54) is 36.4 Å². The third-order valence-corrected chi connectivity index (χ3v) is 5.98. The molecule has 0 saturated heterocycles. The summed E-state index contributed by atoms with van der Waals surface area (Å²) in [4.78, 5) is 12.8. The molecule has 1 aliphatic heterocycles. The van der Waals surface area contributed by atoms with Crippen LogP contribution in [0.4, 0.5) is 0 Å². The number of sulfonamides is 1. The maximum atomic E-state index is 12.8. The highest BCUT2D eigenvalue weighted by atomic mass is 35.5. The number of halogens is 1. The summed E-state index contributed by atoms with van der Waals surface area (Å²) in [6, 6.07) is 12.1. The number of allylic oxidation sites excluding steroid dienone is 1. The molecule has 0 saturated carbocycles. The maximum absolute atomic E-state index is 12.8. The van der Waals surface area contributed by atoms with Crippen LogP contribution in [-0.4, -0.2) is 30.2 Å². The highest BCUT2D eigenvalue weighted by Crippen LogP contribution is 2.36. The molecule has 7 heteroatoms. The molecule has 124 valence electrons. The van der Waals surface area contributed by atoms with Crippen molar-refractivity contribution in [1.82, 2.24) is 4.31 Å². The van der Waals surface area contributed by atoms with Crippen LogP contribution >= 0.6 is 11.6 Å². The minimum absolute atomic E-state index is 0.0167. The predicted molar refractivity (Wildman–Crippen MR) is 91.3 cm³/mol. The van der Waals surface area contributed by atoms with Crippen LogP contribution in [0.15, 0.2) is 59.1 Å². The summed E-state index contributed by atoms with van der Waals surface area (Å²) in [7, 11) is -3.91. The number of ketones is 1. The van der Waals surface area contributed by atoms with E-state index in [-0.39, 0.29) is 34.0 Å². The number of benzene rings is 2. The van der Waals surface area contributed by atoms with E-state index in [0.717, 1.165) is 4.31 Å². The second kappa shape index (κ2) is 5.96. The number of nitrogens with zero attached hydrogens (tertiary/aromatic N) is 1. The number of fused-ring (bicyclic) bond motifs is 1. The fourth-order valence-electron chi connectivity index (χ4n) is 2.66. The molecule has 0 aromatic heterocycles. The van der Waals surface area contributed by atoms with Crippen molar-refractivity contribution < 1.29 is 18.3 Å². The SMILES string of the molecule is CCN1C(C(=O)c2ccc(Cl)cc2)=C(O)c2ccccc2S1(=O)=O. The van der Waals surface area contributed by atoms with E-state index in [4.69, 9.17) is 11.6 Å². The Morgan fingerprint density at radius 3 is 2.38 bits per heavy atom. The fourth-order valence-corrected chi connectivity index (χ4v) is 4.46. The molecule has 2 aromatic rings. The van der Waals surface area contributed by atoms with Gasteiger partial charge in [0.2, 0.25) is 5.78 Å². The van der Waals surface area contributed by atoms with Gasteiger partial charge in [0.15, 0.2) is 5.76 Å². The summed E-state index contributed by atoms with van der Waals surface area (Å²) in [6.07, 6.45) is 0. The number of hydrogen-bond acceptors (Lipinski definition) is 4. The van der Waals surface area contributed by atoms with Gasteiger partial charge in [-0.25, -0.2) is 8.42 Å². The van der Waals surface area contributed by atoms with Gasteiger partial charge in [-0.1, -0.05) is 23.7 Å². The third kappa shape index (κ3) is 2.48. The van der Waals surface area contributed by atoms with Gasteiger partial charge in [0.1, 0.15) is 5.70 Å². The first-order valence-electron chi connectivity index (χ1n) is 7.23. The van der Waals surface area contributed by atoms with Crippen molar-refractivity contribution in [2.75, 3.05) is 6.54 Å². The minimum Gasteiger partial charge on any atom is -0.505 e. The number of hydrogen-bond donors (Lipinski definition) is 1. The van der Waals surface area contributed by atoms with Crippen LogP contribution < -0.4 is 0 Å². The molecule has 0 radical (unpaired) electrons. The Labute approximate surface area is 144 Å². The maximum Gasteiger partial charge on any atom is 0.265 e. The van der Waals surface area contributed by atoms with Gasteiger partial charge < -0.3 is 5.11 Å². The van der Waals surface area contributed by atoms with Gasteiger partial charge in [-0.05, 0) is 43.3 Å². The monoisotopic (exact) mass is 363 g/mol. The van der Waals surface area contributed by atoms with Crippen molar-refractivity contribution in [3.8, 4) is 0 Å². The number of aliphatic hydroxyl groups excluding tert-OH is 1. The first-order chi connectivity index (χ1) is 11.4. The largest absolute Gasteiger partial charge is 0.505 e. The Balaban J connectivity index is 2.24. The van der Waals surface area contributed by atoms with E-state index in [0.29, 0.717) is 5.02 Å². The zero-order valence-electron chi connectivity index (χ0n) is 12.7. The topological polar surface area (TPSA) is 74.7 Å². The highest BCUT2D eigenvalue weighted by molar-refractivity contribution is 7.89. The van der Waals surface area contributed by atoms with Crippen molar-refractivity contribution in [2.24, 2.45) is 0 Å². The Morgan fingerprint density at radius 1 is 1.12 bits per heavy atom. The molecule has 0 aliphatic carbocycles. The lowest BCUT2D eigenvalue weighted by atomic mass is 10.0. The minimum atomic E-state index is -3.91. The van der Waals surface area contributed by atoms with E-state index in [1.54, 1.807) is 19.1 Å². The molecule has 0 fully saturated rings. The molecule has 2 aromatic carbocycles. The molecule has 5 nitrogen and oxygen atoms in total. The molecule has 1 N–H and O–H groups in total. The lowest BCUT2D eigenvalue weighted by Crippen LogP contribution is -2.37. The average Bonchev–Trinajstić information content (AvgIpc) is 2.58. The molecule has 1 aliphatic rings. The van der Waals surface area contributed by atoms with Gasteiger partial charge in [-0.3, -0.25) is 9.10 Å². The molecular weight excluding hydrogens is 350 g/mol. The standard InChI is InChI=1S/C17H14ClNO4S/c1-2-19-15(16(20)11-7-9-12(18)10-8-11)17(21)13-5-3-4-6-14(13)24(19,22)23/h3-10,21H,2H2,1H3. The van der Waals surface area contributed by atoms with Crippen LogP contribution in [0.25, 0.3) is 5.76 Å². The molecule has 1 heterocycles. The normalized spacial score (nSPS) is 16.0. The van der Waals surface area contributed by atoms with Crippen LogP contribution in [0.1, 0.15) is 22.8 Å². The van der Waals surface area contributed by atoms with Crippen LogP contribution in [0.5, 0.6) is 0 Å². The Kier molecular flexibility index (Phi) is 4.11. The van der Waals surface area contributed by atoms with Crippen molar-refractivity contribution in [2.45, 2.75) is 11.8 Å². The zero-order chi connectivity index (χ0) is 17.5. The Morgan fingerprint density at radius 2 is 1.75 bits per heavy atom. The first kappa shape index (κ1) is 16.5. The number of likely N-dealkylation sites (N-methyl/N-ethyl adjacent to an activating group) is 1. The van der Waals surface area contributed by atoms with Crippen molar-refractivity contribution in [3.63, 3.8) is 0 Å². The van der Waals surface area contributed by atoms with Crippen LogP contribution in [0.2, 0.25) is 5.02 Å². The average molecular weight is 364 g/mol. The first-order valence-corrected chi connectivity index (χ1v) is 9.05. The number of aliphatic hydroxyl groups is 1. The Hall–Kier alpha value is -2.31. The van der Waals surface area contributed by atoms with Crippen molar-refractivity contribution in [1.29, 1.82) is 0 Å². The van der Waals surface area contributed by atoms with Gasteiger partial charge in [0, 0.05) is 22.7 Å². The smallest absolute Gasteiger partial charge is 0.265 e. The quantitative estimate of drug-likeness (QED) is 0.847. The summed E-state index contributed by atoms with van der Waals surface area (Å²) in [5, 5.41) is 11.0. The van der Waals surface area contributed by atoms with Crippen LogP contribution in [-0.2, 0) is 10.0 Å². The highest BCUT2D eigenvalue weighted by Gasteiger charge is 2.39. The molecule has 0 amide bonds. The van der Waals surface area contributed by atoms with Crippen molar-refractivity contribution in [3.05, 3.63) is 70.4 Å². The summed E-state index contributed by atoms with van der Waals surface area (Å²) in [5.41, 5.74) is 0.118. The number of carbonyl (C=O) groups excluding carboxylic acids is 1. The Bertz CT molecular complexity index is 949. The number of rotatable bonds is 3.